The number of aromatic carboxylic acids is 1. The Labute approximate surface area is 86.9 Å². The van der Waals surface area contributed by atoms with E-state index < -0.39 is 5.97 Å². The van der Waals surface area contributed by atoms with Crippen molar-refractivity contribution in [2.24, 2.45) is 0 Å². The number of carboxylic acids is 1. The lowest BCUT2D eigenvalue weighted by atomic mass is 10.1. The Morgan fingerprint density at radius 3 is 2.93 bits per heavy atom. The second-order valence-electron chi connectivity index (χ2n) is 3.44. The normalized spacial score (nSPS) is 10.7. The highest BCUT2D eigenvalue weighted by Crippen LogP contribution is 2.17. The zero-order valence-electron chi connectivity index (χ0n) is 8.37. The molecule has 0 amide bonds. The number of H-pyrrole nitrogens is 1. The van der Waals surface area contributed by atoms with Gasteiger partial charge in [0.15, 0.2) is 0 Å². The van der Waals surface area contributed by atoms with Gasteiger partial charge in [0.2, 0.25) is 0 Å². The molecule has 78 valence electrons. The van der Waals surface area contributed by atoms with Gasteiger partial charge in [0.25, 0.3) is 0 Å². The molecule has 15 heavy (non-hydrogen) atoms. The minimum atomic E-state index is -0.929. The number of rotatable bonds is 3. The SMILES string of the molecule is CNCc1ccc2[nH]c(C(=O)O)cc2c1. The van der Waals surface area contributed by atoms with E-state index in [0.29, 0.717) is 0 Å². The Morgan fingerprint density at radius 1 is 1.47 bits per heavy atom. The van der Waals surface area contributed by atoms with E-state index in [1.807, 2.05) is 25.2 Å². The summed E-state index contributed by atoms with van der Waals surface area (Å²) < 4.78 is 0. The van der Waals surface area contributed by atoms with E-state index in [0.717, 1.165) is 23.0 Å². The number of carbonyl (C=O) groups is 1. The third-order valence-electron chi connectivity index (χ3n) is 2.30. The maximum Gasteiger partial charge on any atom is 0.352 e. The Hall–Kier alpha value is -1.81. The minimum Gasteiger partial charge on any atom is -0.477 e. The average Bonchev–Trinajstić information content (AvgIpc) is 2.61. The summed E-state index contributed by atoms with van der Waals surface area (Å²) >= 11 is 0. The molecule has 0 aliphatic heterocycles. The second-order valence-corrected chi connectivity index (χ2v) is 3.44. The molecule has 2 aromatic rings. The quantitative estimate of drug-likeness (QED) is 0.711. The molecule has 1 aromatic heterocycles. The van der Waals surface area contributed by atoms with Crippen LogP contribution in [0.2, 0.25) is 0 Å². The summed E-state index contributed by atoms with van der Waals surface area (Å²) in [5.74, 6) is -0.929. The molecule has 0 aliphatic carbocycles. The number of fused-ring (bicyclic) bond motifs is 1. The van der Waals surface area contributed by atoms with E-state index in [1.165, 1.54) is 0 Å². The van der Waals surface area contributed by atoms with Crippen LogP contribution in [-0.2, 0) is 6.54 Å². The zero-order chi connectivity index (χ0) is 10.8. The monoisotopic (exact) mass is 204 g/mol. The summed E-state index contributed by atoms with van der Waals surface area (Å²) in [7, 11) is 1.88. The van der Waals surface area contributed by atoms with Crippen LogP contribution < -0.4 is 5.32 Å². The summed E-state index contributed by atoms with van der Waals surface area (Å²) in [6.07, 6.45) is 0. The average molecular weight is 204 g/mol. The molecular formula is C11H12N2O2. The first-order valence-corrected chi connectivity index (χ1v) is 4.70. The van der Waals surface area contributed by atoms with Crippen LogP contribution in [0.1, 0.15) is 16.1 Å². The standard InChI is InChI=1S/C11H12N2O2/c1-12-6-7-2-3-9-8(4-7)5-10(13-9)11(14)15/h2-5,12-13H,6H2,1H3,(H,14,15). The number of carboxylic acid groups (broad SMARTS) is 1. The van der Waals surface area contributed by atoms with Crippen molar-refractivity contribution in [3.8, 4) is 0 Å². The van der Waals surface area contributed by atoms with Gasteiger partial charge in [-0.1, -0.05) is 6.07 Å². The summed E-state index contributed by atoms with van der Waals surface area (Å²) in [4.78, 5) is 13.6. The molecular weight excluding hydrogens is 192 g/mol. The Morgan fingerprint density at radius 2 is 2.27 bits per heavy atom. The van der Waals surface area contributed by atoms with Gasteiger partial charge in [-0.3, -0.25) is 0 Å². The molecule has 0 spiro atoms. The van der Waals surface area contributed by atoms with Gasteiger partial charge in [0, 0.05) is 17.4 Å². The highest BCUT2D eigenvalue weighted by atomic mass is 16.4. The molecule has 4 heteroatoms. The van der Waals surface area contributed by atoms with Gasteiger partial charge in [-0.05, 0) is 30.8 Å². The summed E-state index contributed by atoms with van der Waals surface area (Å²) in [6, 6.07) is 7.50. The molecule has 0 bridgehead atoms. The molecule has 0 saturated heterocycles. The number of hydrogen-bond donors (Lipinski definition) is 3. The van der Waals surface area contributed by atoms with Crippen LogP contribution in [0.4, 0.5) is 0 Å². The summed E-state index contributed by atoms with van der Waals surface area (Å²) in [6.45, 7) is 0.781. The van der Waals surface area contributed by atoms with Crippen molar-refractivity contribution in [3.05, 3.63) is 35.5 Å². The van der Waals surface area contributed by atoms with Crippen molar-refractivity contribution in [1.82, 2.24) is 10.3 Å². The van der Waals surface area contributed by atoms with Gasteiger partial charge in [-0.25, -0.2) is 4.79 Å². The summed E-state index contributed by atoms with van der Waals surface area (Å²) in [5.41, 5.74) is 2.22. The van der Waals surface area contributed by atoms with Gasteiger partial charge >= 0.3 is 5.97 Å². The third kappa shape index (κ3) is 1.85. The zero-order valence-corrected chi connectivity index (χ0v) is 8.37. The molecule has 0 fully saturated rings. The first kappa shape index (κ1) is 9.73. The molecule has 0 aliphatic rings. The molecule has 0 saturated carbocycles. The van der Waals surface area contributed by atoms with E-state index in [2.05, 4.69) is 10.3 Å². The lowest BCUT2D eigenvalue weighted by molar-refractivity contribution is 0.0691. The third-order valence-corrected chi connectivity index (χ3v) is 2.30. The molecule has 2 rings (SSSR count). The topological polar surface area (TPSA) is 65.1 Å². The van der Waals surface area contributed by atoms with Gasteiger partial charge in [-0.2, -0.15) is 0 Å². The molecule has 3 N–H and O–H groups in total. The van der Waals surface area contributed by atoms with Gasteiger partial charge in [-0.15, -0.1) is 0 Å². The predicted octanol–water partition coefficient (Wildman–Crippen LogP) is 1.59. The van der Waals surface area contributed by atoms with Gasteiger partial charge in [0.1, 0.15) is 5.69 Å². The van der Waals surface area contributed by atoms with Crippen LogP contribution >= 0.6 is 0 Å². The van der Waals surface area contributed by atoms with E-state index in [4.69, 9.17) is 5.11 Å². The van der Waals surface area contributed by atoms with E-state index >= 15 is 0 Å². The molecule has 0 unspecified atom stereocenters. The van der Waals surface area contributed by atoms with Crippen LogP contribution in [0.3, 0.4) is 0 Å². The minimum absolute atomic E-state index is 0.228. The fourth-order valence-electron chi connectivity index (χ4n) is 1.61. The summed E-state index contributed by atoms with van der Waals surface area (Å²) in [5, 5.41) is 12.8. The van der Waals surface area contributed by atoms with Crippen LogP contribution in [0, 0.1) is 0 Å². The highest BCUT2D eigenvalue weighted by Gasteiger charge is 2.07. The Kier molecular flexibility index (Phi) is 2.43. The van der Waals surface area contributed by atoms with E-state index in [1.54, 1.807) is 6.07 Å². The maximum atomic E-state index is 10.7. The fraction of sp³-hybridized carbons (Fsp3) is 0.182. The Bertz CT molecular complexity index is 502. The first-order chi connectivity index (χ1) is 7.20. The Balaban J connectivity index is 2.47. The van der Waals surface area contributed by atoms with Crippen molar-refractivity contribution in [3.63, 3.8) is 0 Å². The molecule has 4 nitrogen and oxygen atoms in total. The van der Waals surface area contributed by atoms with Crippen molar-refractivity contribution in [2.75, 3.05) is 7.05 Å². The molecule has 1 heterocycles. The van der Waals surface area contributed by atoms with Crippen molar-refractivity contribution >= 4 is 16.9 Å². The largest absolute Gasteiger partial charge is 0.477 e. The molecule has 0 atom stereocenters. The van der Waals surface area contributed by atoms with E-state index in [-0.39, 0.29) is 5.69 Å². The number of nitrogens with one attached hydrogen (secondary N) is 2. The number of aromatic amines is 1. The van der Waals surface area contributed by atoms with Gasteiger partial charge in [0.05, 0.1) is 0 Å². The first-order valence-electron chi connectivity index (χ1n) is 4.70. The molecule has 1 aromatic carbocycles. The number of aromatic nitrogens is 1. The van der Waals surface area contributed by atoms with E-state index in [9.17, 15) is 4.79 Å². The van der Waals surface area contributed by atoms with Crippen LogP contribution in [0.5, 0.6) is 0 Å². The van der Waals surface area contributed by atoms with Crippen LogP contribution in [0.25, 0.3) is 10.9 Å². The lowest BCUT2D eigenvalue weighted by Gasteiger charge is -1.98. The molecule has 0 radical (unpaired) electrons. The second kappa shape index (κ2) is 3.74. The number of hydrogen-bond acceptors (Lipinski definition) is 2. The van der Waals surface area contributed by atoms with Gasteiger partial charge < -0.3 is 15.4 Å². The predicted molar refractivity (Wildman–Crippen MR) is 58.0 cm³/mol. The van der Waals surface area contributed by atoms with Crippen molar-refractivity contribution in [2.45, 2.75) is 6.54 Å². The van der Waals surface area contributed by atoms with Crippen molar-refractivity contribution in [1.29, 1.82) is 0 Å². The lowest BCUT2D eigenvalue weighted by Crippen LogP contribution is -2.04. The maximum absolute atomic E-state index is 10.7. The van der Waals surface area contributed by atoms with Crippen LogP contribution in [0.15, 0.2) is 24.3 Å². The fourth-order valence-corrected chi connectivity index (χ4v) is 1.61. The highest BCUT2D eigenvalue weighted by molar-refractivity contribution is 5.93. The number of benzene rings is 1. The smallest absolute Gasteiger partial charge is 0.352 e. The van der Waals surface area contributed by atoms with Crippen molar-refractivity contribution < 1.29 is 9.90 Å². The van der Waals surface area contributed by atoms with Crippen LogP contribution in [-0.4, -0.2) is 23.1 Å².